The number of amides is 2. The molecule has 0 aromatic heterocycles. The molecule has 236 valence electrons. The number of aliphatic hydroxyl groups is 3. The van der Waals surface area contributed by atoms with Crippen LogP contribution in [0.15, 0.2) is 0 Å². The van der Waals surface area contributed by atoms with Gasteiger partial charge in [0.15, 0.2) is 30.9 Å². The maximum absolute atomic E-state index is 12.4. The quantitative estimate of drug-likeness (QED) is 0.0650. The first kappa shape index (κ1) is 34.9. The summed E-state index contributed by atoms with van der Waals surface area (Å²) in [4.78, 5) is 47.2. The molecule has 0 aromatic carbocycles. The van der Waals surface area contributed by atoms with Crippen LogP contribution in [0, 0.1) is 0 Å². The van der Waals surface area contributed by atoms with E-state index in [2.05, 4.69) is 23.3 Å². The highest BCUT2D eigenvalue weighted by molar-refractivity contribution is 7.80. The number of nitrogens with one attached hydrogen (secondary N) is 2. The minimum Gasteiger partial charge on any atom is -0.479 e. The highest BCUT2D eigenvalue weighted by Gasteiger charge is 2.55. The van der Waals surface area contributed by atoms with Crippen molar-refractivity contribution in [3.05, 3.63) is 0 Å². The first-order valence-corrected chi connectivity index (χ1v) is 13.0. The first-order chi connectivity index (χ1) is 19.5. The Labute approximate surface area is 239 Å². The number of hydrogen-bond donors (Lipinski definition) is 8. The number of rotatable bonds is 15. The van der Waals surface area contributed by atoms with Gasteiger partial charge in [-0.05, 0) is 5.75 Å². The molecule has 0 saturated carbocycles. The Kier molecular flexibility index (Phi) is 14.4. The topological polar surface area (TPSA) is 258 Å². The second kappa shape index (κ2) is 16.9. The standard InChI is InChI=1S/C22H36N2O16S/c1-34-13-10(26)11(27)20(38-16(13)18(29)30)37-14-12(28)15(21(35-2)39-17(14)19(31)32)40-22(33)24-5-7-36-6-4-23-9(25)3-8-41/h10-17,20-21,26-28,41H,3-8H2,1-2H3,(H,23,25)(H,24,33)(H,29,30)(H,31,32)/t10?,11?,12?,13-,14-,15-,16+,17?,20?,21+/m0/s1. The van der Waals surface area contributed by atoms with Gasteiger partial charge in [0.25, 0.3) is 0 Å². The van der Waals surface area contributed by atoms with Crippen LogP contribution in [0.1, 0.15) is 6.42 Å². The summed E-state index contributed by atoms with van der Waals surface area (Å²) in [6, 6.07) is 0. The van der Waals surface area contributed by atoms with Crippen LogP contribution in [0.4, 0.5) is 4.79 Å². The number of thiol groups is 1. The van der Waals surface area contributed by atoms with Crippen LogP contribution in [0.25, 0.3) is 0 Å². The molecule has 0 radical (unpaired) electrons. The first-order valence-electron chi connectivity index (χ1n) is 12.4. The van der Waals surface area contributed by atoms with Crippen LogP contribution in [-0.2, 0) is 47.5 Å². The van der Waals surface area contributed by atoms with E-state index in [0.29, 0.717) is 5.75 Å². The van der Waals surface area contributed by atoms with E-state index in [-0.39, 0.29) is 38.6 Å². The van der Waals surface area contributed by atoms with Crippen LogP contribution in [0.5, 0.6) is 0 Å². The summed E-state index contributed by atoms with van der Waals surface area (Å²) < 4.78 is 36.3. The van der Waals surface area contributed by atoms with Crippen LogP contribution >= 0.6 is 12.6 Å². The Hall–Kier alpha value is -2.33. The van der Waals surface area contributed by atoms with Gasteiger partial charge in [-0.2, -0.15) is 12.6 Å². The number of aliphatic hydroxyl groups excluding tert-OH is 3. The zero-order chi connectivity index (χ0) is 30.7. The van der Waals surface area contributed by atoms with Crippen LogP contribution < -0.4 is 10.6 Å². The van der Waals surface area contributed by atoms with Crippen LogP contribution in [0.2, 0.25) is 0 Å². The molecule has 10 atom stereocenters. The molecule has 7 N–H and O–H groups in total. The number of alkyl carbamates (subject to hydrolysis) is 1. The molecule has 0 aliphatic carbocycles. The van der Waals surface area contributed by atoms with Crippen LogP contribution in [0.3, 0.4) is 0 Å². The van der Waals surface area contributed by atoms with Gasteiger partial charge in [0.1, 0.15) is 30.5 Å². The molecule has 19 heteroatoms. The van der Waals surface area contributed by atoms with Crippen molar-refractivity contribution in [1.82, 2.24) is 10.6 Å². The minimum atomic E-state index is -1.96. The lowest BCUT2D eigenvalue weighted by Gasteiger charge is -2.45. The Balaban J connectivity index is 2.01. The van der Waals surface area contributed by atoms with Gasteiger partial charge in [0.05, 0.1) is 13.2 Å². The fourth-order valence-electron chi connectivity index (χ4n) is 4.00. The van der Waals surface area contributed by atoms with Crippen molar-refractivity contribution in [2.24, 2.45) is 0 Å². The summed E-state index contributed by atoms with van der Waals surface area (Å²) in [5.74, 6) is -2.99. The summed E-state index contributed by atoms with van der Waals surface area (Å²) in [6.45, 7) is 0.414. The maximum atomic E-state index is 12.4. The molecule has 5 unspecified atom stereocenters. The molecule has 2 fully saturated rings. The van der Waals surface area contributed by atoms with Crippen molar-refractivity contribution in [2.45, 2.75) is 67.8 Å². The second-order valence-corrected chi connectivity index (χ2v) is 9.21. The average Bonchev–Trinajstić information content (AvgIpc) is 2.92. The highest BCUT2D eigenvalue weighted by Crippen LogP contribution is 2.31. The maximum Gasteiger partial charge on any atom is 0.407 e. The zero-order valence-corrected chi connectivity index (χ0v) is 23.1. The SMILES string of the molecule is CO[C@@H]1OC(C(=O)O)[C@@H](OC2O[C@@H](C(=O)O)[C@@H](OC)C(O)C2O)C(O)[C@@H]1OC(=O)NCCOCCNC(=O)CCS. The lowest BCUT2D eigenvalue weighted by molar-refractivity contribution is -0.348. The molecular formula is C22H36N2O16S. The van der Waals surface area contributed by atoms with Crippen molar-refractivity contribution in [1.29, 1.82) is 0 Å². The van der Waals surface area contributed by atoms with Gasteiger partial charge in [0.2, 0.25) is 5.91 Å². The fraction of sp³-hybridized carbons (Fsp3) is 0.818. The molecule has 2 amide bonds. The molecule has 41 heavy (non-hydrogen) atoms. The number of methoxy groups -OCH3 is 2. The van der Waals surface area contributed by atoms with Crippen molar-refractivity contribution in [3.8, 4) is 0 Å². The Morgan fingerprint density at radius 3 is 1.93 bits per heavy atom. The summed E-state index contributed by atoms with van der Waals surface area (Å²) in [5.41, 5.74) is 0. The fourth-order valence-corrected chi connectivity index (χ4v) is 4.21. The van der Waals surface area contributed by atoms with E-state index in [1.807, 2.05) is 0 Å². The van der Waals surface area contributed by atoms with E-state index >= 15 is 0 Å². The van der Waals surface area contributed by atoms with Crippen molar-refractivity contribution in [2.75, 3.05) is 46.3 Å². The monoisotopic (exact) mass is 616 g/mol. The van der Waals surface area contributed by atoms with E-state index in [1.165, 1.54) is 0 Å². The van der Waals surface area contributed by atoms with Gasteiger partial charge in [0, 0.05) is 33.7 Å². The van der Waals surface area contributed by atoms with Gasteiger partial charge >= 0.3 is 18.0 Å². The Morgan fingerprint density at radius 2 is 1.37 bits per heavy atom. The largest absolute Gasteiger partial charge is 0.479 e. The number of carbonyl (C=O) groups excluding carboxylic acids is 2. The normalized spacial score (nSPS) is 33.5. The van der Waals surface area contributed by atoms with Crippen molar-refractivity contribution in [3.63, 3.8) is 0 Å². The van der Waals surface area contributed by atoms with Gasteiger partial charge in [-0.15, -0.1) is 0 Å². The minimum absolute atomic E-state index is 0.0359. The van der Waals surface area contributed by atoms with Gasteiger partial charge in [-0.1, -0.05) is 0 Å². The van der Waals surface area contributed by atoms with Crippen molar-refractivity contribution < 1.29 is 77.9 Å². The Bertz CT molecular complexity index is 883. The number of carboxylic acid groups (broad SMARTS) is 2. The summed E-state index contributed by atoms with van der Waals surface area (Å²) in [7, 11) is 2.18. The third-order valence-electron chi connectivity index (χ3n) is 6.01. The molecule has 0 aromatic rings. The molecule has 2 aliphatic heterocycles. The number of hydrogen-bond acceptors (Lipinski definition) is 15. The molecule has 2 aliphatic rings. The molecule has 2 saturated heterocycles. The van der Waals surface area contributed by atoms with E-state index in [9.17, 15) is 44.7 Å². The molecule has 2 heterocycles. The average molecular weight is 617 g/mol. The number of carbonyl (C=O) groups is 4. The third kappa shape index (κ3) is 9.60. The lowest BCUT2D eigenvalue weighted by atomic mass is 9.96. The number of ether oxygens (including phenoxy) is 7. The van der Waals surface area contributed by atoms with Gasteiger partial charge in [-0.3, -0.25) is 4.79 Å². The van der Waals surface area contributed by atoms with E-state index < -0.39 is 79.4 Å². The predicted octanol–water partition coefficient (Wildman–Crippen LogP) is -3.72. The van der Waals surface area contributed by atoms with Crippen LogP contribution in [-0.4, -0.2) is 157 Å². The van der Waals surface area contributed by atoms with E-state index in [1.54, 1.807) is 0 Å². The molecule has 2 rings (SSSR count). The van der Waals surface area contributed by atoms with E-state index in [0.717, 1.165) is 14.2 Å². The third-order valence-corrected chi connectivity index (χ3v) is 6.24. The summed E-state index contributed by atoms with van der Waals surface area (Å²) in [6.07, 6.45) is -18.9. The summed E-state index contributed by atoms with van der Waals surface area (Å²) in [5, 5.41) is 55.7. The summed E-state index contributed by atoms with van der Waals surface area (Å²) >= 11 is 3.95. The van der Waals surface area contributed by atoms with Gasteiger partial charge < -0.3 is 69.3 Å². The van der Waals surface area contributed by atoms with E-state index in [4.69, 9.17) is 33.2 Å². The smallest absolute Gasteiger partial charge is 0.407 e. The lowest BCUT2D eigenvalue weighted by Crippen LogP contribution is -2.66. The Morgan fingerprint density at radius 1 is 0.780 bits per heavy atom. The predicted molar refractivity (Wildman–Crippen MR) is 134 cm³/mol. The zero-order valence-electron chi connectivity index (χ0n) is 22.2. The number of carboxylic acids is 2. The highest BCUT2D eigenvalue weighted by atomic mass is 32.1. The van der Waals surface area contributed by atoms with Gasteiger partial charge in [-0.25, -0.2) is 14.4 Å². The molecular weight excluding hydrogens is 580 g/mol. The number of aliphatic carboxylic acids is 2. The molecule has 0 bridgehead atoms. The van der Waals surface area contributed by atoms with Crippen molar-refractivity contribution >= 4 is 36.6 Å². The molecule has 18 nitrogen and oxygen atoms in total. The molecule has 0 spiro atoms. The second-order valence-electron chi connectivity index (χ2n) is 8.77.